The van der Waals surface area contributed by atoms with E-state index in [-0.39, 0.29) is 12.7 Å². The van der Waals surface area contributed by atoms with Crippen molar-refractivity contribution >= 4 is 11.9 Å². The van der Waals surface area contributed by atoms with Crippen LogP contribution in [0.15, 0.2) is 66.7 Å². The Labute approximate surface area is 242 Å². The number of hydrogen-bond acceptors (Lipinski definition) is 7. The zero-order valence-electron chi connectivity index (χ0n) is 24.2. The van der Waals surface area contributed by atoms with E-state index in [1.165, 1.54) is 0 Å². The molecule has 0 aliphatic carbocycles. The second kappa shape index (κ2) is 14.7. The normalized spacial score (nSPS) is 13.5. The van der Waals surface area contributed by atoms with Gasteiger partial charge in [0.1, 0.15) is 6.10 Å². The van der Waals surface area contributed by atoms with Crippen molar-refractivity contribution in [3.8, 4) is 11.5 Å². The smallest absolute Gasteiger partial charge is 0.338 e. The molecule has 1 aliphatic rings. The molecule has 8 nitrogen and oxygen atoms in total. The Morgan fingerprint density at radius 3 is 2.37 bits per heavy atom. The zero-order valence-corrected chi connectivity index (χ0v) is 24.2. The fourth-order valence-corrected chi connectivity index (χ4v) is 4.97. The average molecular weight is 560 g/mol. The molecule has 0 fully saturated rings. The van der Waals surface area contributed by atoms with Crippen molar-refractivity contribution < 1.29 is 23.8 Å². The van der Waals surface area contributed by atoms with Crippen LogP contribution in [0.4, 0.5) is 0 Å². The van der Waals surface area contributed by atoms with Crippen molar-refractivity contribution in [3.63, 3.8) is 0 Å². The first-order chi connectivity index (χ1) is 19.9. The third-order valence-corrected chi connectivity index (χ3v) is 7.00. The van der Waals surface area contributed by atoms with Gasteiger partial charge in [-0.1, -0.05) is 50.2 Å². The van der Waals surface area contributed by atoms with Crippen molar-refractivity contribution in [2.24, 2.45) is 5.73 Å². The van der Waals surface area contributed by atoms with E-state index in [2.05, 4.69) is 5.32 Å². The van der Waals surface area contributed by atoms with Gasteiger partial charge in [0.25, 0.3) is 5.91 Å². The first-order valence-corrected chi connectivity index (χ1v) is 14.4. The number of benzene rings is 3. The average Bonchev–Trinajstić information content (AvgIpc) is 3.44. The molecule has 1 aliphatic heterocycles. The van der Waals surface area contributed by atoms with Gasteiger partial charge >= 0.3 is 5.97 Å². The number of nitrogens with one attached hydrogen (secondary N) is 1. The van der Waals surface area contributed by atoms with Gasteiger partial charge in [0.15, 0.2) is 11.5 Å². The highest BCUT2D eigenvalue weighted by Crippen LogP contribution is 2.33. The summed E-state index contributed by atoms with van der Waals surface area (Å²) in [6, 6.07) is 20.4. The molecule has 4 rings (SSSR count). The Balaban J connectivity index is 1.50. The number of esters is 1. The number of rotatable bonds is 14. The van der Waals surface area contributed by atoms with Crippen molar-refractivity contribution in [1.29, 1.82) is 0 Å². The molecule has 0 saturated carbocycles. The summed E-state index contributed by atoms with van der Waals surface area (Å²) in [5.41, 5.74) is 10.4. The second-order valence-corrected chi connectivity index (χ2v) is 10.5. The molecule has 3 N–H and O–H groups in total. The summed E-state index contributed by atoms with van der Waals surface area (Å²) in [7, 11) is 0. The van der Waals surface area contributed by atoms with Gasteiger partial charge in [-0.05, 0) is 73.2 Å². The van der Waals surface area contributed by atoms with Crippen LogP contribution >= 0.6 is 0 Å². The largest absolute Gasteiger partial charge is 0.456 e. The number of carbonyl (C=O) groups is 2. The fourth-order valence-electron chi connectivity index (χ4n) is 4.97. The number of aryl methyl sites for hydroxylation is 1. The molecule has 0 saturated heterocycles. The van der Waals surface area contributed by atoms with Crippen LogP contribution in [0, 0.1) is 6.92 Å². The van der Waals surface area contributed by atoms with Gasteiger partial charge in [0.2, 0.25) is 6.79 Å². The first-order valence-electron chi connectivity index (χ1n) is 14.4. The van der Waals surface area contributed by atoms with Crippen LogP contribution in [0.2, 0.25) is 0 Å². The molecule has 3 aromatic carbocycles. The number of ether oxygens (including phenoxy) is 3. The highest BCUT2D eigenvalue weighted by atomic mass is 16.7. The van der Waals surface area contributed by atoms with Crippen LogP contribution in [0.3, 0.4) is 0 Å². The minimum absolute atomic E-state index is 0.0768. The number of hydrogen-bond donors (Lipinski definition) is 2. The third-order valence-electron chi connectivity index (χ3n) is 7.00. The van der Waals surface area contributed by atoms with Gasteiger partial charge in [-0.2, -0.15) is 0 Å². The van der Waals surface area contributed by atoms with E-state index < -0.39 is 18.1 Å². The van der Waals surface area contributed by atoms with Gasteiger partial charge < -0.3 is 30.2 Å². The second-order valence-electron chi connectivity index (χ2n) is 10.5. The highest BCUT2D eigenvalue weighted by Gasteiger charge is 2.25. The molecule has 8 heteroatoms. The van der Waals surface area contributed by atoms with Gasteiger partial charge in [-0.25, -0.2) is 4.79 Å². The Hall–Kier alpha value is -3.88. The van der Waals surface area contributed by atoms with E-state index in [0.29, 0.717) is 55.2 Å². The number of fused-ring (bicyclic) bond motifs is 1. The molecule has 1 heterocycles. The maximum Gasteiger partial charge on any atom is 0.338 e. The number of nitrogens with two attached hydrogens (primary N) is 1. The van der Waals surface area contributed by atoms with Crippen molar-refractivity contribution in [2.75, 3.05) is 26.4 Å². The van der Waals surface area contributed by atoms with Crippen LogP contribution in [-0.4, -0.2) is 55.3 Å². The molecule has 218 valence electrons. The topological polar surface area (TPSA) is 103 Å². The van der Waals surface area contributed by atoms with Crippen molar-refractivity contribution in [2.45, 2.75) is 58.7 Å². The van der Waals surface area contributed by atoms with Gasteiger partial charge in [-0.15, -0.1) is 0 Å². The molecule has 0 unspecified atom stereocenters. The molecule has 2 atom stereocenters. The molecule has 3 aromatic rings. The van der Waals surface area contributed by atoms with Crippen molar-refractivity contribution in [1.82, 2.24) is 10.2 Å². The maximum atomic E-state index is 13.5. The lowest BCUT2D eigenvalue weighted by Crippen LogP contribution is -2.46. The van der Waals surface area contributed by atoms with E-state index in [4.69, 9.17) is 19.9 Å². The summed E-state index contributed by atoms with van der Waals surface area (Å²) >= 11 is 0. The summed E-state index contributed by atoms with van der Waals surface area (Å²) < 4.78 is 17.0. The Bertz CT molecular complexity index is 1310. The molecular formula is C33H41N3O5. The lowest BCUT2D eigenvalue weighted by Gasteiger charge is -2.25. The van der Waals surface area contributed by atoms with Gasteiger partial charge in [-0.3, -0.25) is 4.79 Å². The van der Waals surface area contributed by atoms with Gasteiger partial charge in [0, 0.05) is 37.8 Å². The van der Waals surface area contributed by atoms with Crippen LogP contribution in [0.25, 0.3) is 0 Å². The standard InChI is InChI=1S/C33H41N3O5/c1-4-13-36(14-5-2)32(37)26-15-23(3)16-27(19-26)33(38)41-31(21-35-20-24-9-7-6-8-10-24)28(34)17-25-11-12-29-30(18-25)40-22-39-29/h6-12,15-16,18-19,28,31,35H,4-5,13-14,17,20-22,34H2,1-3H3/t28-,31+/m0/s1. The summed E-state index contributed by atoms with van der Waals surface area (Å²) in [4.78, 5) is 28.6. The highest BCUT2D eigenvalue weighted by molar-refractivity contribution is 5.98. The predicted molar refractivity (Wildman–Crippen MR) is 159 cm³/mol. The Morgan fingerprint density at radius 1 is 0.927 bits per heavy atom. The van der Waals surface area contributed by atoms with E-state index in [1.807, 2.05) is 80.3 Å². The summed E-state index contributed by atoms with van der Waals surface area (Å²) in [6.45, 7) is 8.49. The SMILES string of the molecule is CCCN(CCC)C(=O)c1cc(C)cc(C(=O)O[C@H](CNCc2ccccc2)[C@@H](N)Cc2ccc3c(c2)OCO3)c1. The molecular weight excluding hydrogens is 518 g/mol. The van der Waals surface area contributed by atoms with Gasteiger partial charge in [0.05, 0.1) is 5.56 Å². The quantitative estimate of drug-likeness (QED) is 0.272. The maximum absolute atomic E-state index is 13.5. The molecule has 1 amide bonds. The molecule has 0 radical (unpaired) electrons. The zero-order chi connectivity index (χ0) is 29.2. The number of carbonyl (C=O) groups excluding carboxylic acids is 2. The van der Waals surface area contributed by atoms with Crippen LogP contribution < -0.4 is 20.5 Å². The summed E-state index contributed by atoms with van der Waals surface area (Å²) in [5.74, 6) is 0.804. The molecule has 41 heavy (non-hydrogen) atoms. The minimum atomic E-state index is -0.618. The summed E-state index contributed by atoms with van der Waals surface area (Å²) in [5, 5.41) is 3.39. The van der Waals surface area contributed by atoms with Crippen LogP contribution in [-0.2, 0) is 17.7 Å². The predicted octanol–water partition coefficient (Wildman–Crippen LogP) is 4.87. The lowest BCUT2D eigenvalue weighted by molar-refractivity contribution is 0.0238. The monoisotopic (exact) mass is 559 g/mol. The molecule has 0 spiro atoms. The number of nitrogens with zero attached hydrogens (tertiary/aromatic N) is 1. The lowest BCUT2D eigenvalue weighted by atomic mass is 10.0. The van der Waals surface area contributed by atoms with E-state index in [0.717, 1.165) is 29.5 Å². The molecule has 0 bridgehead atoms. The molecule has 0 aromatic heterocycles. The van der Waals surface area contributed by atoms with E-state index in [1.54, 1.807) is 12.1 Å². The Morgan fingerprint density at radius 2 is 1.63 bits per heavy atom. The minimum Gasteiger partial charge on any atom is -0.456 e. The van der Waals surface area contributed by atoms with Crippen LogP contribution in [0.1, 0.15) is 64.1 Å². The Kier molecular flexibility index (Phi) is 10.8. The van der Waals surface area contributed by atoms with E-state index >= 15 is 0 Å². The first kappa shape index (κ1) is 30.1. The third kappa shape index (κ3) is 8.31. The van der Waals surface area contributed by atoms with E-state index in [9.17, 15) is 9.59 Å². The number of amides is 1. The van der Waals surface area contributed by atoms with Crippen molar-refractivity contribution in [3.05, 3.63) is 94.5 Å². The fraction of sp³-hybridized carbons (Fsp3) is 0.394. The van der Waals surface area contributed by atoms with Crippen LogP contribution in [0.5, 0.6) is 11.5 Å². The summed E-state index contributed by atoms with van der Waals surface area (Å²) in [6.07, 6.45) is 1.59.